The highest BCUT2D eigenvalue weighted by Crippen LogP contribution is 2.39. The van der Waals surface area contributed by atoms with E-state index in [0.717, 1.165) is 5.56 Å². The molecule has 1 aliphatic rings. The average molecular weight is 493 g/mol. The van der Waals surface area contributed by atoms with Crippen molar-refractivity contribution in [1.29, 1.82) is 0 Å². The number of aromatic nitrogens is 2. The van der Waals surface area contributed by atoms with Crippen molar-refractivity contribution in [2.24, 2.45) is 0 Å². The van der Waals surface area contributed by atoms with Crippen LogP contribution in [0.5, 0.6) is 0 Å². The van der Waals surface area contributed by atoms with Crippen molar-refractivity contribution in [1.82, 2.24) is 15.5 Å². The van der Waals surface area contributed by atoms with E-state index in [0.29, 0.717) is 33.1 Å². The largest absolute Gasteiger partial charge is 0.334 e. The second-order valence-electron chi connectivity index (χ2n) is 8.13. The quantitative estimate of drug-likeness (QED) is 0.345. The van der Waals surface area contributed by atoms with Gasteiger partial charge in [0.2, 0.25) is 5.82 Å². The Morgan fingerprint density at radius 2 is 1.63 bits per heavy atom. The molecule has 2 heterocycles. The van der Waals surface area contributed by atoms with Crippen LogP contribution in [0.4, 0.5) is 19.3 Å². The number of anilines is 1. The standard InChI is InChI=1S/C26H19ClF2N4O2/c1-14-13-20(11-12-21(14)27)33-15(2)22(23(30-26(33)34)16-3-7-18(28)8-4-16)25-31-24(32-35-25)17-5-9-19(29)10-6-17/h3-13,23H,1-2H3,(H,30,34). The number of allylic oxidation sites excluding steroid dienone is 1. The van der Waals surface area contributed by atoms with Crippen LogP contribution in [0.15, 0.2) is 77.0 Å². The average Bonchev–Trinajstić information content (AvgIpc) is 3.31. The highest BCUT2D eigenvalue weighted by atomic mass is 35.5. The monoisotopic (exact) mass is 492 g/mol. The molecular formula is C26H19ClF2N4O2. The lowest BCUT2D eigenvalue weighted by atomic mass is 9.94. The molecule has 1 aliphatic heterocycles. The minimum absolute atomic E-state index is 0.173. The second kappa shape index (κ2) is 8.96. The molecule has 9 heteroatoms. The van der Waals surface area contributed by atoms with Gasteiger partial charge in [0.05, 0.1) is 17.3 Å². The predicted molar refractivity (Wildman–Crippen MR) is 129 cm³/mol. The van der Waals surface area contributed by atoms with E-state index in [1.54, 1.807) is 49.4 Å². The van der Waals surface area contributed by atoms with E-state index in [2.05, 4.69) is 15.5 Å². The van der Waals surface area contributed by atoms with Crippen molar-refractivity contribution in [3.63, 3.8) is 0 Å². The molecule has 1 aromatic heterocycles. The summed E-state index contributed by atoms with van der Waals surface area (Å²) in [5.41, 5.74) is 3.73. The Morgan fingerprint density at radius 3 is 2.29 bits per heavy atom. The van der Waals surface area contributed by atoms with Gasteiger partial charge in [-0.2, -0.15) is 4.98 Å². The normalized spacial score (nSPS) is 16.0. The lowest BCUT2D eigenvalue weighted by Crippen LogP contribution is -2.46. The molecule has 4 aromatic rings. The molecule has 0 saturated carbocycles. The maximum Gasteiger partial charge on any atom is 0.326 e. The number of rotatable bonds is 4. The predicted octanol–water partition coefficient (Wildman–Crippen LogP) is 6.68. The van der Waals surface area contributed by atoms with E-state index >= 15 is 0 Å². The van der Waals surface area contributed by atoms with E-state index in [9.17, 15) is 13.6 Å². The van der Waals surface area contributed by atoms with Gasteiger partial charge < -0.3 is 9.84 Å². The second-order valence-corrected chi connectivity index (χ2v) is 8.54. The summed E-state index contributed by atoms with van der Waals surface area (Å²) in [7, 11) is 0. The number of aryl methyl sites for hydroxylation is 1. The Hall–Kier alpha value is -4.04. The van der Waals surface area contributed by atoms with Crippen molar-refractivity contribution >= 4 is 28.9 Å². The van der Waals surface area contributed by atoms with Gasteiger partial charge in [-0.15, -0.1) is 0 Å². The van der Waals surface area contributed by atoms with Crippen LogP contribution in [-0.4, -0.2) is 16.2 Å². The Bertz CT molecular complexity index is 1450. The molecule has 0 aliphatic carbocycles. The number of nitrogens with one attached hydrogen (secondary N) is 1. The van der Waals surface area contributed by atoms with Crippen LogP contribution in [0.1, 0.15) is 30.0 Å². The summed E-state index contributed by atoms with van der Waals surface area (Å²) in [5, 5.41) is 7.61. The smallest absolute Gasteiger partial charge is 0.326 e. The van der Waals surface area contributed by atoms with Crippen LogP contribution < -0.4 is 10.2 Å². The summed E-state index contributed by atoms with van der Waals surface area (Å²) in [5.74, 6) is -0.333. The van der Waals surface area contributed by atoms with Crippen LogP contribution >= 0.6 is 11.6 Å². The number of hydrogen-bond donors (Lipinski definition) is 1. The third-order valence-electron chi connectivity index (χ3n) is 5.85. The number of benzene rings is 3. The molecule has 0 saturated heterocycles. The van der Waals surface area contributed by atoms with Crippen LogP contribution in [0, 0.1) is 18.6 Å². The summed E-state index contributed by atoms with van der Waals surface area (Å²) in [6, 6.07) is 15.8. The first-order valence-corrected chi connectivity index (χ1v) is 11.1. The summed E-state index contributed by atoms with van der Waals surface area (Å²) in [6.07, 6.45) is 0. The van der Waals surface area contributed by atoms with Crippen molar-refractivity contribution < 1.29 is 18.1 Å². The summed E-state index contributed by atoms with van der Waals surface area (Å²) in [6.45, 7) is 3.62. The molecule has 0 fully saturated rings. The lowest BCUT2D eigenvalue weighted by molar-refractivity contribution is 0.244. The zero-order valence-corrected chi connectivity index (χ0v) is 19.5. The van der Waals surface area contributed by atoms with Gasteiger partial charge in [-0.3, -0.25) is 4.90 Å². The SMILES string of the molecule is CC1=C(c2nc(-c3ccc(F)cc3)no2)C(c2ccc(F)cc2)NC(=O)N1c1ccc(Cl)c(C)c1. The number of nitrogens with zero attached hydrogens (tertiary/aromatic N) is 3. The molecule has 0 bridgehead atoms. The Kier molecular flexibility index (Phi) is 5.82. The van der Waals surface area contributed by atoms with Crippen LogP contribution in [0.25, 0.3) is 17.0 Å². The highest BCUT2D eigenvalue weighted by Gasteiger charge is 2.36. The molecule has 1 unspecified atom stereocenters. The number of halogens is 3. The zero-order valence-electron chi connectivity index (χ0n) is 18.7. The number of urea groups is 1. The fraction of sp³-hybridized carbons (Fsp3) is 0.115. The van der Waals surface area contributed by atoms with E-state index in [-0.39, 0.29) is 23.6 Å². The number of carbonyl (C=O) groups is 1. The Balaban J connectivity index is 1.65. The van der Waals surface area contributed by atoms with Crippen molar-refractivity contribution in [3.05, 3.63) is 106 Å². The van der Waals surface area contributed by atoms with Crippen molar-refractivity contribution in [3.8, 4) is 11.4 Å². The fourth-order valence-electron chi connectivity index (χ4n) is 4.05. The number of carbonyl (C=O) groups excluding carboxylic acids is 1. The Morgan fingerprint density at radius 1 is 0.971 bits per heavy atom. The van der Waals surface area contributed by atoms with Gasteiger partial charge in [0.1, 0.15) is 11.6 Å². The first-order valence-electron chi connectivity index (χ1n) is 10.7. The highest BCUT2D eigenvalue weighted by molar-refractivity contribution is 6.31. The van der Waals surface area contributed by atoms with Crippen LogP contribution in [0.2, 0.25) is 5.02 Å². The molecule has 0 spiro atoms. The topological polar surface area (TPSA) is 71.3 Å². The van der Waals surface area contributed by atoms with Crippen LogP contribution in [0.3, 0.4) is 0 Å². The molecule has 1 atom stereocenters. The maximum atomic E-state index is 13.6. The summed E-state index contributed by atoms with van der Waals surface area (Å²) < 4.78 is 32.6. The molecule has 5 rings (SSSR count). The van der Waals surface area contributed by atoms with Gasteiger partial charge in [-0.05, 0) is 79.6 Å². The maximum absolute atomic E-state index is 13.6. The van der Waals surface area contributed by atoms with Crippen LogP contribution in [-0.2, 0) is 0 Å². The summed E-state index contributed by atoms with van der Waals surface area (Å²) >= 11 is 6.19. The molecule has 0 radical (unpaired) electrons. The summed E-state index contributed by atoms with van der Waals surface area (Å²) in [4.78, 5) is 19.3. The molecule has 1 N–H and O–H groups in total. The number of hydrogen-bond acceptors (Lipinski definition) is 4. The van der Waals surface area contributed by atoms with E-state index in [4.69, 9.17) is 16.1 Å². The molecule has 3 aromatic carbocycles. The van der Waals surface area contributed by atoms with Gasteiger partial charge in [-0.25, -0.2) is 13.6 Å². The van der Waals surface area contributed by atoms with Gasteiger partial charge in [0, 0.05) is 16.3 Å². The lowest BCUT2D eigenvalue weighted by Gasteiger charge is -2.35. The molecule has 35 heavy (non-hydrogen) atoms. The minimum atomic E-state index is -0.672. The van der Waals surface area contributed by atoms with Gasteiger partial charge in [0.25, 0.3) is 5.89 Å². The molecular weight excluding hydrogens is 474 g/mol. The molecule has 176 valence electrons. The fourth-order valence-corrected chi connectivity index (χ4v) is 4.17. The third kappa shape index (κ3) is 4.28. The van der Waals surface area contributed by atoms with Crippen molar-refractivity contribution in [2.75, 3.05) is 4.90 Å². The van der Waals surface area contributed by atoms with Gasteiger partial charge in [-0.1, -0.05) is 28.9 Å². The minimum Gasteiger partial charge on any atom is -0.334 e. The number of amides is 2. The molecule has 6 nitrogen and oxygen atoms in total. The zero-order chi connectivity index (χ0) is 24.7. The molecule has 2 amide bonds. The van der Waals surface area contributed by atoms with E-state index in [1.807, 2.05) is 6.92 Å². The van der Waals surface area contributed by atoms with Gasteiger partial charge in [0.15, 0.2) is 0 Å². The van der Waals surface area contributed by atoms with E-state index < -0.39 is 11.9 Å². The van der Waals surface area contributed by atoms with Gasteiger partial charge >= 0.3 is 6.03 Å². The third-order valence-corrected chi connectivity index (χ3v) is 6.27. The van der Waals surface area contributed by atoms with E-state index in [1.165, 1.54) is 29.2 Å². The van der Waals surface area contributed by atoms with Crippen molar-refractivity contribution in [2.45, 2.75) is 19.9 Å². The first kappa shape index (κ1) is 22.7. The Labute approximate surface area is 204 Å². The first-order chi connectivity index (χ1) is 16.8.